The van der Waals surface area contributed by atoms with E-state index in [0.29, 0.717) is 0 Å². The molecule has 1 aromatic rings. The van der Waals surface area contributed by atoms with Crippen molar-refractivity contribution in [2.24, 2.45) is 0 Å². The van der Waals surface area contributed by atoms with Crippen molar-refractivity contribution in [1.82, 2.24) is 0 Å². The zero-order valence-electron chi connectivity index (χ0n) is 17.1. The SMILES string of the molecule is CCCCCCCCCCCCCCCCCCc1ccc(O)c(O)c1. The fourth-order valence-electron chi connectivity index (χ4n) is 3.60. The van der Waals surface area contributed by atoms with Crippen LogP contribution in [0.2, 0.25) is 0 Å². The van der Waals surface area contributed by atoms with Crippen molar-refractivity contribution in [2.45, 2.75) is 116 Å². The van der Waals surface area contributed by atoms with Crippen molar-refractivity contribution in [3.05, 3.63) is 23.8 Å². The molecule has 2 nitrogen and oxygen atoms in total. The number of aromatic hydroxyl groups is 2. The third-order valence-electron chi connectivity index (χ3n) is 5.36. The minimum Gasteiger partial charge on any atom is -0.504 e. The van der Waals surface area contributed by atoms with Gasteiger partial charge in [-0.2, -0.15) is 0 Å². The zero-order chi connectivity index (χ0) is 18.9. The van der Waals surface area contributed by atoms with Gasteiger partial charge in [0.15, 0.2) is 11.5 Å². The van der Waals surface area contributed by atoms with E-state index in [1.165, 1.54) is 103 Å². The molecule has 2 heteroatoms. The van der Waals surface area contributed by atoms with Crippen LogP contribution in [0.4, 0.5) is 0 Å². The first kappa shape index (κ1) is 22.9. The maximum Gasteiger partial charge on any atom is 0.157 e. The van der Waals surface area contributed by atoms with Gasteiger partial charge in [-0.1, -0.05) is 109 Å². The van der Waals surface area contributed by atoms with Crippen LogP contribution in [-0.2, 0) is 6.42 Å². The van der Waals surface area contributed by atoms with Crippen LogP contribution in [0.3, 0.4) is 0 Å². The average Bonchev–Trinajstić information content (AvgIpc) is 2.64. The molecule has 0 saturated carbocycles. The largest absolute Gasteiger partial charge is 0.504 e. The third kappa shape index (κ3) is 12.2. The first-order valence-corrected chi connectivity index (χ1v) is 11.2. The van der Waals surface area contributed by atoms with Gasteiger partial charge in [0.05, 0.1) is 0 Å². The minimum atomic E-state index is -0.0271. The van der Waals surface area contributed by atoms with E-state index < -0.39 is 0 Å². The Hall–Kier alpha value is -1.18. The van der Waals surface area contributed by atoms with Crippen LogP contribution in [0.1, 0.15) is 115 Å². The number of rotatable bonds is 17. The van der Waals surface area contributed by atoms with E-state index in [0.717, 1.165) is 12.0 Å². The fourth-order valence-corrected chi connectivity index (χ4v) is 3.60. The molecule has 0 atom stereocenters. The molecule has 0 aliphatic rings. The number of aryl methyl sites for hydroxylation is 1. The summed E-state index contributed by atoms with van der Waals surface area (Å²) in [4.78, 5) is 0. The molecule has 0 aliphatic heterocycles. The molecule has 0 saturated heterocycles. The van der Waals surface area contributed by atoms with Crippen LogP contribution in [0.25, 0.3) is 0 Å². The maximum absolute atomic E-state index is 9.49. The Morgan fingerprint density at radius 3 is 1.38 bits per heavy atom. The first-order chi connectivity index (χ1) is 12.7. The van der Waals surface area contributed by atoms with Gasteiger partial charge in [-0.3, -0.25) is 0 Å². The molecule has 26 heavy (non-hydrogen) atoms. The molecular weight excluding hydrogens is 320 g/mol. The number of hydrogen-bond donors (Lipinski definition) is 2. The quantitative estimate of drug-likeness (QED) is 0.218. The van der Waals surface area contributed by atoms with E-state index in [1.807, 2.05) is 6.07 Å². The van der Waals surface area contributed by atoms with Crippen molar-refractivity contribution in [1.29, 1.82) is 0 Å². The second kappa shape index (κ2) is 16.0. The maximum atomic E-state index is 9.49. The monoisotopic (exact) mass is 362 g/mol. The van der Waals surface area contributed by atoms with Crippen LogP contribution in [-0.4, -0.2) is 10.2 Å². The van der Waals surface area contributed by atoms with E-state index in [-0.39, 0.29) is 11.5 Å². The molecule has 0 aromatic heterocycles. The molecule has 1 aromatic carbocycles. The fraction of sp³-hybridized carbons (Fsp3) is 0.750. The van der Waals surface area contributed by atoms with Gasteiger partial charge < -0.3 is 10.2 Å². The second-order valence-electron chi connectivity index (χ2n) is 7.88. The van der Waals surface area contributed by atoms with E-state index >= 15 is 0 Å². The number of phenolic OH excluding ortho intramolecular Hbond substituents is 2. The summed E-state index contributed by atoms with van der Waals surface area (Å²) < 4.78 is 0. The Balaban J connectivity index is 1.79. The molecule has 1 rings (SSSR count). The lowest BCUT2D eigenvalue weighted by Gasteiger charge is -2.05. The first-order valence-electron chi connectivity index (χ1n) is 11.2. The Morgan fingerprint density at radius 1 is 0.538 bits per heavy atom. The molecule has 0 unspecified atom stereocenters. The van der Waals surface area contributed by atoms with E-state index in [2.05, 4.69) is 6.92 Å². The smallest absolute Gasteiger partial charge is 0.157 e. The summed E-state index contributed by atoms with van der Waals surface area (Å²) in [6.45, 7) is 2.28. The van der Waals surface area contributed by atoms with Crippen molar-refractivity contribution < 1.29 is 10.2 Å². The Labute approximate surface area is 162 Å². The van der Waals surface area contributed by atoms with Crippen LogP contribution in [0.5, 0.6) is 11.5 Å². The standard InChI is InChI=1S/C24H42O2/c1-2-3-4-5-6-7-8-9-10-11-12-13-14-15-16-17-18-22-19-20-23(25)24(26)21-22/h19-21,25-26H,2-18H2,1H3. The van der Waals surface area contributed by atoms with Gasteiger partial charge in [-0.15, -0.1) is 0 Å². The highest BCUT2D eigenvalue weighted by molar-refractivity contribution is 5.40. The summed E-state index contributed by atoms with van der Waals surface area (Å²) in [5.74, 6) is -0.0280. The Bertz CT molecular complexity index is 442. The van der Waals surface area contributed by atoms with Gasteiger partial charge in [-0.05, 0) is 30.5 Å². The normalized spacial score (nSPS) is 11.1. The third-order valence-corrected chi connectivity index (χ3v) is 5.36. The molecule has 0 spiro atoms. The summed E-state index contributed by atoms with van der Waals surface area (Å²) in [5.41, 5.74) is 1.12. The summed E-state index contributed by atoms with van der Waals surface area (Å²) in [6.07, 6.45) is 23.2. The van der Waals surface area contributed by atoms with Crippen LogP contribution >= 0.6 is 0 Å². The molecule has 2 N–H and O–H groups in total. The van der Waals surface area contributed by atoms with E-state index in [1.54, 1.807) is 12.1 Å². The number of unbranched alkanes of at least 4 members (excludes halogenated alkanes) is 15. The minimum absolute atomic E-state index is 0.000932. The van der Waals surface area contributed by atoms with Crippen molar-refractivity contribution >= 4 is 0 Å². The topological polar surface area (TPSA) is 40.5 Å². The van der Waals surface area contributed by atoms with E-state index in [4.69, 9.17) is 0 Å². The zero-order valence-corrected chi connectivity index (χ0v) is 17.1. The van der Waals surface area contributed by atoms with Crippen LogP contribution in [0, 0.1) is 0 Å². The molecule has 0 bridgehead atoms. The van der Waals surface area contributed by atoms with Crippen molar-refractivity contribution in [3.63, 3.8) is 0 Å². The number of benzene rings is 1. The summed E-state index contributed by atoms with van der Waals surface area (Å²) in [6, 6.07) is 5.16. The molecule has 0 fully saturated rings. The molecule has 0 aliphatic carbocycles. The molecule has 150 valence electrons. The summed E-state index contributed by atoms with van der Waals surface area (Å²) in [5, 5.41) is 18.8. The van der Waals surface area contributed by atoms with Gasteiger partial charge in [-0.25, -0.2) is 0 Å². The highest BCUT2D eigenvalue weighted by Gasteiger charge is 2.00. The molecule has 0 amide bonds. The Kier molecular flexibility index (Phi) is 14.1. The predicted octanol–water partition coefficient (Wildman–Crippen LogP) is 7.90. The highest BCUT2D eigenvalue weighted by atomic mass is 16.3. The van der Waals surface area contributed by atoms with Gasteiger partial charge in [0, 0.05) is 0 Å². The van der Waals surface area contributed by atoms with Gasteiger partial charge in [0.2, 0.25) is 0 Å². The van der Waals surface area contributed by atoms with Gasteiger partial charge in [0.1, 0.15) is 0 Å². The predicted molar refractivity (Wildman–Crippen MR) is 113 cm³/mol. The number of hydrogen-bond acceptors (Lipinski definition) is 2. The Morgan fingerprint density at radius 2 is 0.962 bits per heavy atom. The highest BCUT2D eigenvalue weighted by Crippen LogP contribution is 2.25. The van der Waals surface area contributed by atoms with Crippen LogP contribution < -0.4 is 0 Å². The number of phenols is 2. The van der Waals surface area contributed by atoms with Crippen molar-refractivity contribution in [2.75, 3.05) is 0 Å². The van der Waals surface area contributed by atoms with Crippen molar-refractivity contribution in [3.8, 4) is 11.5 Å². The molecule has 0 radical (unpaired) electrons. The van der Waals surface area contributed by atoms with Crippen LogP contribution in [0.15, 0.2) is 18.2 Å². The lowest BCUT2D eigenvalue weighted by molar-refractivity contribution is 0.403. The van der Waals surface area contributed by atoms with Gasteiger partial charge in [0.25, 0.3) is 0 Å². The molecular formula is C24H42O2. The van der Waals surface area contributed by atoms with Gasteiger partial charge >= 0.3 is 0 Å². The van der Waals surface area contributed by atoms with E-state index in [9.17, 15) is 10.2 Å². The second-order valence-corrected chi connectivity index (χ2v) is 7.88. The lowest BCUT2D eigenvalue weighted by atomic mass is 10.0. The average molecular weight is 363 g/mol. The lowest BCUT2D eigenvalue weighted by Crippen LogP contribution is -1.87. The molecule has 0 heterocycles. The summed E-state index contributed by atoms with van der Waals surface area (Å²) in [7, 11) is 0. The summed E-state index contributed by atoms with van der Waals surface area (Å²) >= 11 is 0.